The van der Waals surface area contributed by atoms with Gasteiger partial charge in [-0.1, -0.05) is 26.0 Å². The van der Waals surface area contributed by atoms with Gasteiger partial charge in [0.2, 0.25) is 0 Å². The van der Waals surface area contributed by atoms with E-state index in [9.17, 15) is 0 Å². The van der Waals surface area contributed by atoms with Gasteiger partial charge in [0.05, 0.1) is 12.5 Å². The maximum Gasteiger partial charge on any atom is 0.139 e. The summed E-state index contributed by atoms with van der Waals surface area (Å²) >= 11 is 0. The predicted molar refractivity (Wildman–Crippen MR) is 84.7 cm³/mol. The topological polar surface area (TPSA) is 73.6 Å². The van der Waals surface area contributed by atoms with Gasteiger partial charge in [0.25, 0.3) is 0 Å². The summed E-state index contributed by atoms with van der Waals surface area (Å²) < 4.78 is 0. The van der Waals surface area contributed by atoms with Gasteiger partial charge in [0, 0.05) is 18.3 Å². The molecule has 0 aliphatic heterocycles. The van der Waals surface area contributed by atoms with Gasteiger partial charge in [-0.15, -0.1) is 0 Å². The van der Waals surface area contributed by atoms with Gasteiger partial charge in [-0.2, -0.15) is 5.26 Å². The van der Waals surface area contributed by atoms with Crippen LogP contribution in [0.4, 0.5) is 17.3 Å². The lowest BCUT2D eigenvalue weighted by Gasteiger charge is -2.16. The average Bonchev–Trinajstić information content (AvgIpc) is 2.49. The Morgan fingerprint density at radius 3 is 2.38 bits per heavy atom. The monoisotopic (exact) mass is 281 g/mol. The second-order valence-corrected chi connectivity index (χ2v) is 5.05. The molecule has 0 saturated carbocycles. The van der Waals surface area contributed by atoms with Crippen LogP contribution in [0.3, 0.4) is 0 Å². The zero-order chi connectivity index (χ0) is 15.2. The molecule has 2 rings (SSSR count). The van der Waals surface area contributed by atoms with Gasteiger partial charge in [-0.25, -0.2) is 9.97 Å². The van der Waals surface area contributed by atoms with Crippen LogP contribution >= 0.6 is 0 Å². The Hall–Kier alpha value is -2.61. The van der Waals surface area contributed by atoms with Crippen LogP contribution in [0.1, 0.15) is 30.9 Å². The van der Waals surface area contributed by atoms with E-state index in [4.69, 9.17) is 5.26 Å². The van der Waals surface area contributed by atoms with Crippen molar-refractivity contribution in [3.8, 4) is 6.07 Å². The molecule has 1 aromatic heterocycles. The molecule has 0 amide bonds. The molecule has 0 fully saturated rings. The molecule has 5 heteroatoms. The predicted octanol–water partition coefficient (Wildman–Crippen LogP) is 3.45. The van der Waals surface area contributed by atoms with E-state index in [1.54, 1.807) is 6.33 Å². The van der Waals surface area contributed by atoms with Crippen molar-refractivity contribution in [2.24, 2.45) is 0 Å². The van der Waals surface area contributed by atoms with Crippen molar-refractivity contribution in [2.45, 2.75) is 26.2 Å². The van der Waals surface area contributed by atoms with Crippen molar-refractivity contribution in [3.63, 3.8) is 0 Å². The fourth-order valence-corrected chi connectivity index (χ4v) is 2.18. The number of hydrogen-bond acceptors (Lipinski definition) is 5. The zero-order valence-electron chi connectivity index (χ0n) is 12.5. The van der Waals surface area contributed by atoms with Crippen molar-refractivity contribution >= 4 is 17.3 Å². The lowest BCUT2D eigenvalue weighted by Crippen LogP contribution is -2.06. The molecule has 0 aliphatic carbocycles. The van der Waals surface area contributed by atoms with Crippen molar-refractivity contribution < 1.29 is 0 Å². The summed E-state index contributed by atoms with van der Waals surface area (Å²) in [7, 11) is 1.86. The molecule has 0 bridgehead atoms. The number of benzene rings is 1. The Morgan fingerprint density at radius 2 is 1.81 bits per heavy atom. The van der Waals surface area contributed by atoms with Crippen LogP contribution in [-0.2, 0) is 6.42 Å². The van der Waals surface area contributed by atoms with Crippen LogP contribution in [0.5, 0.6) is 0 Å². The van der Waals surface area contributed by atoms with Crippen molar-refractivity contribution in [1.29, 1.82) is 5.26 Å². The number of rotatable bonds is 5. The summed E-state index contributed by atoms with van der Waals surface area (Å²) in [6.45, 7) is 4.22. The van der Waals surface area contributed by atoms with Gasteiger partial charge in [0.15, 0.2) is 0 Å². The van der Waals surface area contributed by atoms with E-state index in [0.29, 0.717) is 12.3 Å². The third-order valence-corrected chi connectivity index (χ3v) is 3.20. The zero-order valence-corrected chi connectivity index (χ0v) is 12.5. The molecular weight excluding hydrogens is 262 g/mol. The highest BCUT2D eigenvalue weighted by Crippen LogP contribution is 2.30. The van der Waals surface area contributed by atoms with Crippen LogP contribution in [0.15, 0.2) is 30.6 Å². The normalized spacial score (nSPS) is 10.2. The highest BCUT2D eigenvalue weighted by Gasteiger charge is 2.14. The van der Waals surface area contributed by atoms with Crippen LogP contribution in [-0.4, -0.2) is 17.0 Å². The fourth-order valence-electron chi connectivity index (χ4n) is 2.18. The number of nitrogens with zero attached hydrogens (tertiary/aromatic N) is 3. The molecule has 2 N–H and O–H groups in total. The van der Waals surface area contributed by atoms with Crippen molar-refractivity contribution in [3.05, 3.63) is 41.7 Å². The first-order valence-corrected chi connectivity index (χ1v) is 6.91. The fraction of sp³-hybridized carbons (Fsp3) is 0.312. The van der Waals surface area contributed by atoms with Crippen LogP contribution in [0.2, 0.25) is 0 Å². The Balaban J connectivity index is 2.29. The lowest BCUT2D eigenvalue weighted by atomic mass is 10.0. The lowest BCUT2D eigenvalue weighted by molar-refractivity contribution is 0.852. The minimum absolute atomic E-state index is 0.300. The number of hydrogen-bond donors (Lipinski definition) is 2. The Bertz CT molecular complexity index is 641. The van der Waals surface area contributed by atoms with E-state index >= 15 is 0 Å². The highest BCUT2D eigenvalue weighted by molar-refractivity contribution is 5.65. The summed E-state index contributed by atoms with van der Waals surface area (Å²) in [5.41, 5.74) is 3.01. The smallest absolute Gasteiger partial charge is 0.139 e. The standard InChI is InChI=1S/C16H19N5/c1-11(2)14-15(18-3)19-10-20-16(14)21-13-6-4-12(5-7-13)8-9-17/h4-7,10-11H,8H2,1-3H3,(H2,18,19,20,21). The van der Waals surface area contributed by atoms with Crippen molar-refractivity contribution in [1.82, 2.24) is 9.97 Å². The Kier molecular flexibility index (Phi) is 4.72. The number of nitriles is 1. The van der Waals surface area contributed by atoms with E-state index < -0.39 is 0 Å². The molecule has 1 heterocycles. The maximum atomic E-state index is 8.69. The van der Waals surface area contributed by atoms with E-state index in [2.05, 4.69) is 40.5 Å². The highest BCUT2D eigenvalue weighted by atomic mass is 15.1. The summed E-state index contributed by atoms with van der Waals surface area (Å²) in [6, 6.07) is 9.95. The van der Waals surface area contributed by atoms with Gasteiger partial charge >= 0.3 is 0 Å². The van der Waals surface area contributed by atoms with E-state index in [-0.39, 0.29) is 0 Å². The summed E-state index contributed by atoms with van der Waals surface area (Å²) in [5.74, 6) is 1.94. The SMILES string of the molecule is CNc1ncnc(Nc2ccc(CC#N)cc2)c1C(C)C. The maximum absolute atomic E-state index is 8.69. The van der Waals surface area contributed by atoms with E-state index in [1.165, 1.54) is 0 Å². The van der Waals surface area contributed by atoms with Gasteiger partial charge in [-0.3, -0.25) is 0 Å². The summed E-state index contributed by atoms with van der Waals surface area (Å²) in [4.78, 5) is 8.61. The third-order valence-electron chi connectivity index (χ3n) is 3.20. The third kappa shape index (κ3) is 3.48. The number of anilines is 3. The number of nitrogens with one attached hydrogen (secondary N) is 2. The molecule has 21 heavy (non-hydrogen) atoms. The number of aromatic nitrogens is 2. The first-order chi connectivity index (χ1) is 10.2. The van der Waals surface area contributed by atoms with Gasteiger partial charge < -0.3 is 10.6 Å². The molecule has 5 nitrogen and oxygen atoms in total. The van der Waals surface area contributed by atoms with Gasteiger partial charge in [-0.05, 0) is 23.6 Å². The van der Waals surface area contributed by atoms with Gasteiger partial charge in [0.1, 0.15) is 18.0 Å². The Labute approximate surface area is 125 Å². The molecule has 0 atom stereocenters. The molecule has 0 spiro atoms. The minimum Gasteiger partial charge on any atom is -0.373 e. The first-order valence-electron chi connectivity index (χ1n) is 6.91. The largest absolute Gasteiger partial charge is 0.373 e. The molecule has 0 saturated heterocycles. The first kappa shape index (κ1) is 14.8. The Morgan fingerprint density at radius 1 is 1.14 bits per heavy atom. The van der Waals surface area contributed by atoms with Crippen LogP contribution in [0, 0.1) is 11.3 Å². The summed E-state index contributed by atoms with van der Waals surface area (Å²) in [6.07, 6.45) is 1.97. The molecule has 1 aromatic carbocycles. The van der Waals surface area contributed by atoms with E-state index in [1.807, 2.05) is 31.3 Å². The molecule has 0 unspecified atom stereocenters. The average molecular weight is 281 g/mol. The second-order valence-electron chi connectivity index (χ2n) is 5.05. The van der Waals surface area contributed by atoms with Crippen molar-refractivity contribution in [2.75, 3.05) is 17.7 Å². The van der Waals surface area contributed by atoms with Crippen LogP contribution in [0.25, 0.3) is 0 Å². The minimum atomic E-state index is 0.300. The molecular formula is C16H19N5. The molecule has 0 aliphatic rings. The quantitative estimate of drug-likeness (QED) is 0.878. The molecule has 2 aromatic rings. The second kappa shape index (κ2) is 6.71. The summed E-state index contributed by atoms with van der Waals surface area (Å²) in [5, 5.41) is 15.1. The van der Waals surface area contributed by atoms with Crippen LogP contribution < -0.4 is 10.6 Å². The molecule has 0 radical (unpaired) electrons. The van der Waals surface area contributed by atoms with E-state index in [0.717, 1.165) is 28.5 Å². The molecule has 108 valence electrons.